The van der Waals surface area contributed by atoms with Gasteiger partial charge in [0, 0.05) is 5.75 Å². The highest BCUT2D eigenvalue weighted by molar-refractivity contribution is 7.80. The van der Waals surface area contributed by atoms with E-state index in [1.807, 2.05) is 13.8 Å². The van der Waals surface area contributed by atoms with Crippen molar-refractivity contribution in [3.63, 3.8) is 0 Å². The Kier molecular flexibility index (Phi) is 5.45. The number of ether oxygens (including phenoxy) is 1. The van der Waals surface area contributed by atoms with Crippen molar-refractivity contribution in [2.75, 3.05) is 12.4 Å². The predicted octanol–water partition coefficient (Wildman–Crippen LogP) is 2.53. The Hall–Kier alpha value is -0.180. The van der Waals surface area contributed by atoms with Crippen LogP contribution in [-0.2, 0) is 9.53 Å². The monoisotopic (exact) mass is 204 g/mol. The van der Waals surface area contributed by atoms with E-state index in [0.717, 1.165) is 6.42 Å². The molecule has 78 valence electrons. The Morgan fingerprint density at radius 3 is 2.38 bits per heavy atom. The molecule has 0 saturated carbocycles. The summed E-state index contributed by atoms with van der Waals surface area (Å²) >= 11 is 3.98. The lowest BCUT2D eigenvalue weighted by molar-refractivity contribution is -0.154. The molecule has 0 aromatic carbocycles. The Balaban J connectivity index is 4.03. The zero-order valence-corrected chi connectivity index (χ0v) is 9.86. The van der Waals surface area contributed by atoms with Crippen molar-refractivity contribution >= 4 is 18.6 Å². The molecule has 0 aliphatic carbocycles. The van der Waals surface area contributed by atoms with Crippen molar-refractivity contribution < 1.29 is 9.53 Å². The number of carbonyl (C=O) groups is 1. The average molecular weight is 204 g/mol. The second-order valence-corrected chi connectivity index (χ2v) is 4.79. The van der Waals surface area contributed by atoms with Crippen molar-refractivity contribution in [3.05, 3.63) is 0 Å². The lowest BCUT2D eigenvalue weighted by Gasteiger charge is -2.24. The lowest BCUT2D eigenvalue weighted by Crippen LogP contribution is -2.28. The minimum Gasteiger partial charge on any atom is -0.464 e. The second-order valence-electron chi connectivity index (χ2n) is 4.34. The second kappa shape index (κ2) is 5.53. The van der Waals surface area contributed by atoms with Crippen molar-refractivity contribution in [1.29, 1.82) is 0 Å². The summed E-state index contributed by atoms with van der Waals surface area (Å²) in [6.45, 7) is 8.46. The van der Waals surface area contributed by atoms with E-state index in [9.17, 15) is 4.79 Å². The van der Waals surface area contributed by atoms with Crippen LogP contribution in [0, 0.1) is 11.3 Å². The molecular formula is C10H20O2S. The maximum Gasteiger partial charge on any atom is 0.311 e. The van der Waals surface area contributed by atoms with Gasteiger partial charge in [-0.05, 0) is 26.2 Å². The van der Waals surface area contributed by atoms with Crippen LogP contribution in [0.2, 0.25) is 0 Å². The number of rotatable bonds is 5. The molecule has 0 atom stereocenters. The fourth-order valence-electron chi connectivity index (χ4n) is 1.44. The van der Waals surface area contributed by atoms with Crippen LogP contribution in [0.5, 0.6) is 0 Å². The Labute approximate surface area is 86.5 Å². The molecule has 0 N–H and O–H groups in total. The number of thiol groups is 1. The standard InChI is InChI=1S/C10H20O2S/c1-8(2)7-10(3,4)9(11)12-5-6-13/h8,13H,5-7H2,1-4H3. The quantitative estimate of drug-likeness (QED) is 0.550. The molecule has 0 aromatic heterocycles. The maximum absolute atomic E-state index is 11.5. The van der Waals surface area contributed by atoms with E-state index in [-0.39, 0.29) is 11.4 Å². The summed E-state index contributed by atoms with van der Waals surface area (Å²) in [6, 6.07) is 0. The summed E-state index contributed by atoms with van der Waals surface area (Å²) in [5, 5.41) is 0. The SMILES string of the molecule is CC(C)CC(C)(C)C(=O)OCCS. The van der Waals surface area contributed by atoms with Gasteiger partial charge in [-0.25, -0.2) is 0 Å². The zero-order chi connectivity index (χ0) is 10.5. The molecule has 0 spiro atoms. The molecule has 2 nitrogen and oxygen atoms in total. The van der Waals surface area contributed by atoms with Gasteiger partial charge in [0.15, 0.2) is 0 Å². The van der Waals surface area contributed by atoms with Crippen molar-refractivity contribution in [3.8, 4) is 0 Å². The third kappa shape index (κ3) is 5.19. The molecule has 13 heavy (non-hydrogen) atoms. The molecule has 0 bridgehead atoms. The van der Waals surface area contributed by atoms with E-state index in [4.69, 9.17) is 4.74 Å². The van der Waals surface area contributed by atoms with Gasteiger partial charge in [-0.3, -0.25) is 4.79 Å². The van der Waals surface area contributed by atoms with Gasteiger partial charge >= 0.3 is 5.97 Å². The first-order chi connectivity index (χ1) is 5.90. The molecule has 0 aliphatic heterocycles. The summed E-state index contributed by atoms with van der Waals surface area (Å²) in [7, 11) is 0. The summed E-state index contributed by atoms with van der Waals surface area (Å²) in [5.74, 6) is 0.984. The molecule has 0 saturated heterocycles. The van der Waals surface area contributed by atoms with E-state index in [1.54, 1.807) is 0 Å². The summed E-state index contributed by atoms with van der Waals surface area (Å²) in [5.41, 5.74) is -0.364. The van der Waals surface area contributed by atoms with E-state index >= 15 is 0 Å². The summed E-state index contributed by atoms with van der Waals surface area (Å²) < 4.78 is 5.04. The molecule has 0 heterocycles. The number of esters is 1. The molecule has 0 unspecified atom stereocenters. The van der Waals surface area contributed by atoms with Gasteiger partial charge in [0.05, 0.1) is 5.41 Å². The highest BCUT2D eigenvalue weighted by Crippen LogP contribution is 2.26. The molecule has 0 rings (SSSR count). The predicted molar refractivity (Wildman–Crippen MR) is 58.0 cm³/mol. The molecule has 0 aliphatic rings. The van der Waals surface area contributed by atoms with Gasteiger partial charge in [0.25, 0.3) is 0 Å². The van der Waals surface area contributed by atoms with Gasteiger partial charge in [-0.2, -0.15) is 12.6 Å². The number of carbonyl (C=O) groups excluding carboxylic acids is 1. The Morgan fingerprint density at radius 2 is 2.00 bits per heavy atom. The molecule has 0 aromatic rings. The number of hydrogen-bond acceptors (Lipinski definition) is 3. The van der Waals surface area contributed by atoms with E-state index in [0.29, 0.717) is 18.3 Å². The fourth-order valence-corrected chi connectivity index (χ4v) is 1.53. The minimum absolute atomic E-state index is 0.116. The highest BCUT2D eigenvalue weighted by Gasteiger charge is 2.29. The Bertz CT molecular complexity index is 164. The van der Waals surface area contributed by atoms with E-state index < -0.39 is 0 Å². The molecule has 0 amide bonds. The first kappa shape index (κ1) is 12.8. The highest BCUT2D eigenvalue weighted by atomic mass is 32.1. The van der Waals surface area contributed by atoms with Crippen LogP contribution in [0.3, 0.4) is 0 Å². The number of hydrogen-bond donors (Lipinski definition) is 1. The third-order valence-corrected chi connectivity index (χ3v) is 1.98. The minimum atomic E-state index is -0.364. The van der Waals surface area contributed by atoms with Gasteiger partial charge in [0.1, 0.15) is 6.61 Å². The largest absolute Gasteiger partial charge is 0.464 e. The summed E-state index contributed by atoms with van der Waals surface area (Å²) in [6.07, 6.45) is 0.860. The molecule has 0 fully saturated rings. The van der Waals surface area contributed by atoms with Crippen LogP contribution in [-0.4, -0.2) is 18.3 Å². The topological polar surface area (TPSA) is 26.3 Å². The molecule has 3 heteroatoms. The first-order valence-electron chi connectivity index (χ1n) is 4.68. The van der Waals surface area contributed by atoms with Gasteiger partial charge in [-0.1, -0.05) is 13.8 Å². The van der Waals surface area contributed by atoms with E-state index in [1.165, 1.54) is 0 Å². The van der Waals surface area contributed by atoms with Crippen LogP contribution < -0.4 is 0 Å². The zero-order valence-electron chi connectivity index (χ0n) is 8.96. The van der Waals surface area contributed by atoms with Crippen molar-refractivity contribution in [1.82, 2.24) is 0 Å². The van der Waals surface area contributed by atoms with Crippen LogP contribution in [0.4, 0.5) is 0 Å². The third-order valence-electron chi connectivity index (χ3n) is 1.80. The smallest absolute Gasteiger partial charge is 0.311 e. The normalized spacial score (nSPS) is 11.8. The molecular weight excluding hydrogens is 184 g/mol. The van der Waals surface area contributed by atoms with Gasteiger partial charge < -0.3 is 4.74 Å². The van der Waals surface area contributed by atoms with Crippen molar-refractivity contribution in [2.45, 2.75) is 34.1 Å². The van der Waals surface area contributed by atoms with Crippen molar-refractivity contribution in [2.24, 2.45) is 11.3 Å². The van der Waals surface area contributed by atoms with Crippen LogP contribution in [0.25, 0.3) is 0 Å². The fraction of sp³-hybridized carbons (Fsp3) is 0.900. The Morgan fingerprint density at radius 1 is 1.46 bits per heavy atom. The molecule has 0 radical (unpaired) electrons. The van der Waals surface area contributed by atoms with E-state index in [2.05, 4.69) is 26.5 Å². The lowest BCUT2D eigenvalue weighted by atomic mass is 9.84. The van der Waals surface area contributed by atoms with Crippen LogP contribution in [0.15, 0.2) is 0 Å². The summed E-state index contributed by atoms with van der Waals surface area (Å²) in [4.78, 5) is 11.5. The van der Waals surface area contributed by atoms with Crippen LogP contribution >= 0.6 is 12.6 Å². The van der Waals surface area contributed by atoms with Gasteiger partial charge in [0.2, 0.25) is 0 Å². The average Bonchev–Trinajstić information content (AvgIpc) is 1.97. The maximum atomic E-state index is 11.5. The van der Waals surface area contributed by atoms with Crippen LogP contribution in [0.1, 0.15) is 34.1 Å². The van der Waals surface area contributed by atoms with Gasteiger partial charge in [-0.15, -0.1) is 0 Å². The first-order valence-corrected chi connectivity index (χ1v) is 5.31.